The molecule has 23 heavy (non-hydrogen) atoms. The smallest absolute Gasteiger partial charge is 0.237 e. The van der Waals surface area contributed by atoms with E-state index in [9.17, 15) is 9.18 Å². The van der Waals surface area contributed by atoms with E-state index in [1.54, 1.807) is 0 Å². The van der Waals surface area contributed by atoms with E-state index >= 15 is 0 Å². The SMILES string of the molecule is CCCC(N)C(=O)NC1CCN(Cc2ccc(F)cc2)CC1.Cl. The number of hydrogen-bond acceptors (Lipinski definition) is 3. The van der Waals surface area contributed by atoms with Crippen molar-refractivity contribution in [1.82, 2.24) is 10.2 Å². The Morgan fingerprint density at radius 1 is 1.35 bits per heavy atom. The molecule has 1 aliphatic heterocycles. The molecule has 1 unspecified atom stereocenters. The summed E-state index contributed by atoms with van der Waals surface area (Å²) in [5, 5.41) is 3.06. The standard InChI is InChI=1S/C17H26FN3O.ClH/c1-2-3-16(19)17(22)20-15-8-10-21(11-9-15)12-13-4-6-14(18)7-5-13;/h4-7,15-16H,2-3,8-12,19H2,1H3,(H,20,22);1H. The van der Waals surface area contributed by atoms with Crippen molar-refractivity contribution in [3.8, 4) is 0 Å². The highest BCUT2D eigenvalue weighted by Crippen LogP contribution is 2.14. The molecule has 1 amide bonds. The van der Waals surface area contributed by atoms with Crippen LogP contribution in [0, 0.1) is 5.82 Å². The van der Waals surface area contributed by atoms with Crippen LogP contribution in [0.15, 0.2) is 24.3 Å². The Kier molecular flexibility index (Phi) is 8.52. The van der Waals surface area contributed by atoms with E-state index in [4.69, 9.17) is 5.73 Å². The van der Waals surface area contributed by atoms with Gasteiger partial charge in [0.1, 0.15) is 5.82 Å². The van der Waals surface area contributed by atoms with Crippen molar-refractivity contribution in [2.24, 2.45) is 5.73 Å². The molecule has 3 N–H and O–H groups in total. The maximum Gasteiger partial charge on any atom is 0.237 e. The molecule has 1 fully saturated rings. The number of nitrogens with zero attached hydrogens (tertiary/aromatic N) is 1. The van der Waals surface area contributed by atoms with Gasteiger partial charge in [-0.15, -0.1) is 12.4 Å². The summed E-state index contributed by atoms with van der Waals surface area (Å²) >= 11 is 0. The molecule has 1 aliphatic rings. The third kappa shape index (κ3) is 6.45. The van der Waals surface area contributed by atoms with Crippen LogP contribution in [0.1, 0.15) is 38.2 Å². The van der Waals surface area contributed by atoms with Gasteiger partial charge in [0.2, 0.25) is 5.91 Å². The molecule has 0 spiro atoms. The van der Waals surface area contributed by atoms with Gasteiger partial charge in [-0.3, -0.25) is 9.69 Å². The summed E-state index contributed by atoms with van der Waals surface area (Å²) in [6.07, 6.45) is 3.53. The van der Waals surface area contributed by atoms with Crippen LogP contribution in [0.2, 0.25) is 0 Å². The largest absolute Gasteiger partial charge is 0.352 e. The minimum atomic E-state index is -0.387. The van der Waals surface area contributed by atoms with Crippen LogP contribution in [-0.2, 0) is 11.3 Å². The summed E-state index contributed by atoms with van der Waals surface area (Å²) < 4.78 is 12.9. The Bertz CT molecular complexity index is 475. The van der Waals surface area contributed by atoms with Gasteiger partial charge in [-0.2, -0.15) is 0 Å². The highest BCUT2D eigenvalue weighted by molar-refractivity contribution is 5.85. The topological polar surface area (TPSA) is 58.4 Å². The van der Waals surface area contributed by atoms with Crippen molar-refractivity contribution < 1.29 is 9.18 Å². The Labute approximate surface area is 144 Å². The first kappa shape index (κ1) is 19.9. The molecule has 1 atom stereocenters. The Hall–Kier alpha value is -1.17. The lowest BCUT2D eigenvalue weighted by molar-refractivity contribution is -0.123. The van der Waals surface area contributed by atoms with E-state index in [-0.39, 0.29) is 36.2 Å². The van der Waals surface area contributed by atoms with Gasteiger partial charge >= 0.3 is 0 Å². The molecule has 0 saturated carbocycles. The average Bonchev–Trinajstić information content (AvgIpc) is 2.51. The van der Waals surface area contributed by atoms with E-state index in [1.165, 1.54) is 12.1 Å². The number of amides is 1. The molecule has 130 valence electrons. The van der Waals surface area contributed by atoms with Crippen molar-refractivity contribution in [1.29, 1.82) is 0 Å². The van der Waals surface area contributed by atoms with Crippen molar-refractivity contribution in [2.75, 3.05) is 13.1 Å². The van der Waals surface area contributed by atoms with Crippen LogP contribution in [-0.4, -0.2) is 36.0 Å². The third-order valence-electron chi connectivity index (χ3n) is 4.19. The highest BCUT2D eigenvalue weighted by atomic mass is 35.5. The summed E-state index contributed by atoms with van der Waals surface area (Å²) in [5.74, 6) is -0.229. The summed E-state index contributed by atoms with van der Waals surface area (Å²) in [6.45, 7) is 4.73. The fraction of sp³-hybridized carbons (Fsp3) is 0.588. The predicted octanol–water partition coefficient (Wildman–Crippen LogP) is 2.46. The summed E-state index contributed by atoms with van der Waals surface area (Å²) in [6, 6.07) is 6.48. The zero-order chi connectivity index (χ0) is 15.9. The molecule has 0 aliphatic carbocycles. The normalized spacial score (nSPS) is 17.3. The molecule has 0 radical (unpaired) electrons. The molecule has 4 nitrogen and oxygen atoms in total. The molecule has 0 bridgehead atoms. The van der Waals surface area contributed by atoms with E-state index in [0.29, 0.717) is 0 Å². The number of nitrogens with one attached hydrogen (secondary N) is 1. The van der Waals surface area contributed by atoms with Crippen LogP contribution in [0.5, 0.6) is 0 Å². The first-order valence-corrected chi connectivity index (χ1v) is 8.11. The number of hydrogen-bond donors (Lipinski definition) is 2. The molecule has 2 rings (SSSR count). The number of piperidine rings is 1. The maximum absolute atomic E-state index is 12.9. The Morgan fingerprint density at radius 3 is 2.52 bits per heavy atom. The van der Waals surface area contributed by atoms with E-state index in [1.807, 2.05) is 19.1 Å². The van der Waals surface area contributed by atoms with Crippen molar-refractivity contribution >= 4 is 18.3 Å². The minimum absolute atomic E-state index is 0. The molecule has 1 aromatic rings. The van der Waals surface area contributed by atoms with Crippen LogP contribution >= 0.6 is 12.4 Å². The number of rotatable bonds is 6. The first-order valence-electron chi connectivity index (χ1n) is 8.11. The van der Waals surface area contributed by atoms with Crippen LogP contribution in [0.3, 0.4) is 0 Å². The van der Waals surface area contributed by atoms with Gasteiger partial charge in [-0.1, -0.05) is 25.5 Å². The van der Waals surface area contributed by atoms with Gasteiger partial charge in [0.25, 0.3) is 0 Å². The van der Waals surface area contributed by atoms with Crippen LogP contribution in [0.25, 0.3) is 0 Å². The molecule has 1 aromatic carbocycles. The van der Waals surface area contributed by atoms with E-state index in [2.05, 4.69) is 10.2 Å². The summed E-state index contributed by atoms with van der Waals surface area (Å²) in [4.78, 5) is 14.3. The van der Waals surface area contributed by atoms with Crippen molar-refractivity contribution in [2.45, 2.75) is 51.2 Å². The molecule has 1 saturated heterocycles. The van der Waals surface area contributed by atoms with Gasteiger partial charge in [0, 0.05) is 25.7 Å². The minimum Gasteiger partial charge on any atom is -0.352 e. The van der Waals surface area contributed by atoms with E-state index < -0.39 is 0 Å². The van der Waals surface area contributed by atoms with Gasteiger partial charge in [0.15, 0.2) is 0 Å². The van der Waals surface area contributed by atoms with E-state index in [0.717, 1.165) is 50.9 Å². The quantitative estimate of drug-likeness (QED) is 0.834. The average molecular weight is 344 g/mol. The number of carbonyl (C=O) groups is 1. The number of likely N-dealkylation sites (tertiary alicyclic amines) is 1. The summed E-state index contributed by atoms with van der Waals surface area (Å²) in [5.41, 5.74) is 6.95. The Balaban J connectivity index is 0.00000264. The maximum atomic E-state index is 12.9. The fourth-order valence-electron chi connectivity index (χ4n) is 2.83. The molecule has 0 aromatic heterocycles. The second-order valence-corrected chi connectivity index (χ2v) is 6.08. The molecular formula is C17H27ClFN3O. The Morgan fingerprint density at radius 2 is 1.96 bits per heavy atom. The number of nitrogens with two attached hydrogens (primary N) is 1. The van der Waals surface area contributed by atoms with Gasteiger partial charge in [-0.05, 0) is 37.0 Å². The molecule has 6 heteroatoms. The lowest BCUT2D eigenvalue weighted by Gasteiger charge is -2.32. The second kappa shape index (κ2) is 9.85. The lowest BCUT2D eigenvalue weighted by Crippen LogP contribution is -2.49. The fourth-order valence-corrected chi connectivity index (χ4v) is 2.83. The second-order valence-electron chi connectivity index (χ2n) is 6.08. The monoisotopic (exact) mass is 343 g/mol. The number of halogens is 2. The molecule has 1 heterocycles. The predicted molar refractivity (Wildman–Crippen MR) is 93.0 cm³/mol. The zero-order valence-electron chi connectivity index (χ0n) is 13.6. The first-order chi connectivity index (χ1) is 10.6. The summed E-state index contributed by atoms with van der Waals surface area (Å²) in [7, 11) is 0. The zero-order valence-corrected chi connectivity index (χ0v) is 14.4. The van der Waals surface area contributed by atoms with Gasteiger partial charge < -0.3 is 11.1 Å². The number of benzene rings is 1. The number of carbonyl (C=O) groups excluding carboxylic acids is 1. The molecular weight excluding hydrogens is 317 g/mol. The van der Waals surface area contributed by atoms with Gasteiger partial charge in [-0.25, -0.2) is 4.39 Å². The van der Waals surface area contributed by atoms with Crippen LogP contribution in [0.4, 0.5) is 4.39 Å². The highest BCUT2D eigenvalue weighted by Gasteiger charge is 2.22. The van der Waals surface area contributed by atoms with Crippen molar-refractivity contribution in [3.63, 3.8) is 0 Å². The lowest BCUT2D eigenvalue weighted by atomic mass is 10.0. The van der Waals surface area contributed by atoms with Crippen LogP contribution < -0.4 is 11.1 Å². The van der Waals surface area contributed by atoms with Gasteiger partial charge in [0.05, 0.1) is 6.04 Å². The van der Waals surface area contributed by atoms with Crippen molar-refractivity contribution in [3.05, 3.63) is 35.6 Å². The third-order valence-corrected chi connectivity index (χ3v) is 4.19.